The van der Waals surface area contributed by atoms with Gasteiger partial charge in [-0.05, 0) is 36.6 Å². The van der Waals surface area contributed by atoms with E-state index in [1.165, 1.54) is 6.07 Å². The van der Waals surface area contributed by atoms with Gasteiger partial charge in [-0.2, -0.15) is 0 Å². The van der Waals surface area contributed by atoms with E-state index in [0.29, 0.717) is 0 Å². The Bertz CT molecular complexity index is 400. The Hall–Kier alpha value is -1.91. The summed E-state index contributed by atoms with van der Waals surface area (Å²) in [5, 5.41) is 8.85. The number of carbonyl (C=O) groups excluding carboxylic acids is 1. The third-order valence-corrected chi connectivity index (χ3v) is 2.12. The van der Waals surface area contributed by atoms with Crippen molar-refractivity contribution in [3.8, 4) is 0 Å². The Morgan fingerprint density at radius 2 is 2.20 bits per heavy atom. The van der Waals surface area contributed by atoms with Crippen molar-refractivity contribution in [1.82, 2.24) is 0 Å². The van der Waals surface area contributed by atoms with Gasteiger partial charge in [0.25, 0.3) is 0 Å². The second kappa shape index (κ2) is 4.54. The lowest BCUT2D eigenvalue weighted by Gasteiger charge is -2.04. The number of rotatable bonds is 3. The van der Waals surface area contributed by atoms with Crippen LogP contribution in [0.1, 0.15) is 28.4 Å². The van der Waals surface area contributed by atoms with Crippen LogP contribution < -0.4 is 0 Å². The number of carbonyl (C=O) groups is 1. The topological polar surface area (TPSA) is 69.4 Å². The Labute approximate surface area is 86.8 Å². The van der Waals surface area contributed by atoms with Gasteiger partial charge >= 0.3 is 11.1 Å². The summed E-state index contributed by atoms with van der Waals surface area (Å²) in [5.74, 6) is -0.939. The first-order valence-electron chi connectivity index (χ1n) is 4.50. The molecule has 0 aliphatic rings. The molecule has 0 radical (unpaired) electrons. The number of hydrogen-bond acceptors (Lipinski definition) is 4. The molecule has 0 saturated heterocycles. The largest absolute Gasteiger partial charge is 0.334 e. The highest BCUT2D eigenvalue weighted by molar-refractivity contribution is 5.89. The Morgan fingerprint density at radius 1 is 1.53 bits per heavy atom. The van der Waals surface area contributed by atoms with Crippen LogP contribution in [0.15, 0.2) is 18.2 Å². The number of hydrogen-bond donors (Lipinski definition) is 0. The van der Waals surface area contributed by atoms with Gasteiger partial charge in [-0.25, -0.2) is 4.84 Å². The summed E-state index contributed by atoms with van der Waals surface area (Å²) in [6.07, 6.45) is 0.858. The quantitative estimate of drug-likeness (QED) is 0.563. The van der Waals surface area contributed by atoms with Gasteiger partial charge < -0.3 is 0 Å². The first-order valence-corrected chi connectivity index (χ1v) is 4.50. The van der Waals surface area contributed by atoms with Gasteiger partial charge in [0.1, 0.15) is 0 Å². The van der Waals surface area contributed by atoms with Crippen molar-refractivity contribution >= 4 is 5.97 Å². The average molecular weight is 209 g/mol. The van der Waals surface area contributed by atoms with Crippen molar-refractivity contribution in [3.05, 3.63) is 45.0 Å². The zero-order valence-corrected chi connectivity index (χ0v) is 8.52. The molecule has 0 bridgehead atoms. The highest BCUT2D eigenvalue weighted by Crippen LogP contribution is 2.12. The van der Waals surface area contributed by atoms with Gasteiger partial charge in [0, 0.05) is 5.56 Å². The highest BCUT2D eigenvalue weighted by atomic mass is 17.0. The van der Waals surface area contributed by atoms with Crippen molar-refractivity contribution < 1.29 is 14.7 Å². The Balaban J connectivity index is 2.92. The second-order valence-electron chi connectivity index (χ2n) is 3.10. The van der Waals surface area contributed by atoms with E-state index in [9.17, 15) is 14.9 Å². The minimum absolute atomic E-state index is 0.196. The average Bonchev–Trinajstić information content (AvgIpc) is 2.16. The summed E-state index contributed by atoms with van der Waals surface area (Å²) in [7, 11) is 0. The summed E-state index contributed by atoms with van der Waals surface area (Å²) in [4.78, 5) is 24.9. The molecule has 5 nitrogen and oxygen atoms in total. The van der Waals surface area contributed by atoms with E-state index in [0.717, 1.165) is 17.5 Å². The fourth-order valence-corrected chi connectivity index (χ4v) is 1.34. The molecule has 0 saturated carbocycles. The van der Waals surface area contributed by atoms with E-state index in [1.54, 1.807) is 12.1 Å². The van der Waals surface area contributed by atoms with Crippen LogP contribution in [0.2, 0.25) is 0 Å². The van der Waals surface area contributed by atoms with E-state index < -0.39 is 11.1 Å². The van der Waals surface area contributed by atoms with Crippen molar-refractivity contribution in [2.45, 2.75) is 20.3 Å². The van der Waals surface area contributed by atoms with Crippen LogP contribution >= 0.6 is 0 Å². The summed E-state index contributed by atoms with van der Waals surface area (Å²) < 4.78 is 0. The SMILES string of the molecule is CCc1ccc(C(=O)O[N+](=O)[O-])cc1C. The molecule has 1 aromatic carbocycles. The molecule has 0 fully saturated rings. The predicted octanol–water partition coefficient (Wildman–Crippen LogP) is 1.91. The highest BCUT2D eigenvalue weighted by Gasteiger charge is 2.11. The molecule has 1 aromatic rings. The minimum atomic E-state index is -1.11. The zero-order chi connectivity index (χ0) is 11.4. The van der Waals surface area contributed by atoms with Crippen molar-refractivity contribution in [2.75, 3.05) is 0 Å². The van der Waals surface area contributed by atoms with E-state index >= 15 is 0 Å². The van der Waals surface area contributed by atoms with Crippen LogP contribution in [-0.2, 0) is 11.3 Å². The smallest absolute Gasteiger partial charge is 0.263 e. The maximum atomic E-state index is 11.1. The van der Waals surface area contributed by atoms with Crippen LogP contribution in [0.5, 0.6) is 0 Å². The number of benzene rings is 1. The van der Waals surface area contributed by atoms with Crippen LogP contribution in [0.3, 0.4) is 0 Å². The maximum absolute atomic E-state index is 11.1. The van der Waals surface area contributed by atoms with E-state index in [-0.39, 0.29) is 5.56 Å². The minimum Gasteiger partial charge on any atom is -0.263 e. The normalized spacial score (nSPS) is 9.73. The molecule has 0 atom stereocenters. The zero-order valence-electron chi connectivity index (χ0n) is 8.52. The van der Waals surface area contributed by atoms with Gasteiger partial charge in [-0.15, -0.1) is 10.1 Å². The third kappa shape index (κ3) is 2.77. The van der Waals surface area contributed by atoms with Crippen LogP contribution in [-0.4, -0.2) is 11.1 Å². The van der Waals surface area contributed by atoms with E-state index in [1.807, 2.05) is 13.8 Å². The van der Waals surface area contributed by atoms with Crippen LogP contribution in [0, 0.1) is 17.0 Å². The fraction of sp³-hybridized carbons (Fsp3) is 0.300. The van der Waals surface area contributed by atoms with Crippen molar-refractivity contribution in [2.24, 2.45) is 0 Å². The first-order chi connectivity index (χ1) is 7.04. The van der Waals surface area contributed by atoms with Crippen molar-refractivity contribution in [3.63, 3.8) is 0 Å². The number of aryl methyl sites for hydroxylation is 2. The number of nitrogens with zero attached hydrogens (tertiary/aromatic N) is 1. The lowest BCUT2D eigenvalue weighted by Crippen LogP contribution is -2.10. The summed E-state index contributed by atoms with van der Waals surface area (Å²) in [5.41, 5.74) is 2.23. The summed E-state index contributed by atoms with van der Waals surface area (Å²) in [6.45, 7) is 3.85. The van der Waals surface area contributed by atoms with Gasteiger partial charge in [-0.3, -0.25) is 4.79 Å². The fourth-order valence-electron chi connectivity index (χ4n) is 1.34. The van der Waals surface area contributed by atoms with E-state index in [2.05, 4.69) is 4.84 Å². The predicted molar refractivity (Wildman–Crippen MR) is 53.0 cm³/mol. The summed E-state index contributed by atoms with van der Waals surface area (Å²) in [6, 6.07) is 4.88. The standard InChI is InChI=1S/C10H11NO4/c1-3-8-4-5-9(6-7(8)2)10(12)15-11(13)14/h4-6H,3H2,1-2H3. The molecular formula is C10H11NO4. The maximum Gasteiger partial charge on any atom is 0.334 e. The molecular weight excluding hydrogens is 198 g/mol. The molecule has 0 amide bonds. The molecule has 15 heavy (non-hydrogen) atoms. The van der Waals surface area contributed by atoms with Crippen LogP contribution in [0.25, 0.3) is 0 Å². The Morgan fingerprint density at radius 3 is 2.67 bits per heavy atom. The first kappa shape index (κ1) is 11.2. The van der Waals surface area contributed by atoms with Gasteiger partial charge in [0.2, 0.25) is 0 Å². The monoisotopic (exact) mass is 209 g/mol. The van der Waals surface area contributed by atoms with Gasteiger partial charge in [0.15, 0.2) is 0 Å². The second-order valence-corrected chi connectivity index (χ2v) is 3.10. The summed E-state index contributed by atoms with van der Waals surface area (Å²) >= 11 is 0. The van der Waals surface area contributed by atoms with Crippen molar-refractivity contribution in [1.29, 1.82) is 0 Å². The molecule has 0 unspecified atom stereocenters. The molecule has 0 aliphatic heterocycles. The van der Waals surface area contributed by atoms with Gasteiger partial charge in [0.05, 0.1) is 0 Å². The Kier molecular flexibility index (Phi) is 3.38. The molecule has 5 heteroatoms. The molecule has 0 aromatic heterocycles. The third-order valence-electron chi connectivity index (χ3n) is 2.12. The molecule has 0 spiro atoms. The van der Waals surface area contributed by atoms with Crippen LogP contribution in [0.4, 0.5) is 0 Å². The molecule has 0 aliphatic carbocycles. The van der Waals surface area contributed by atoms with E-state index in [4.69, 9.17) is 0 Å². The molecule has 80 valence electrons. The van der Waals surface area contributed by atoms with Gasteiger partial charge in [-0.1, -0.05) is 13.0 Å². The lowest BCUT2D eigenvalue weighted by atomic mass is 10.0. The molecule has 1 rings (SSSR count). The lowest BCUT2D eigenvalue weighted by molar-refractivity contribution is -0.727. The molecule has 0 heterocycles. The molecule has 0 N–H and O–H groups in total.